The van der Waals surface area contributed by atoms with E-state index in [-0.39, 0.29) is 11.8 Å². The van der Waals surface area contributed by atoms with Crippen molar-refractivity contribution in [1.29, 1.82) is 0 Å². The molecule has 2 amide bonds. The Labute approximate surface area is 146 Å². The van der Waals surface area contributed by atoms with Crippen LogP contribution < -0.4 is 5.32 Å². The second-order valence-corrected chi connectivity index (χ2v) is 7.55. The molecule has 8 heteroatoms. The normalized spacial score (nSPS) is 13.8. The van der Waals surface area contributed by atoms with Crippen LogP contribution in [0.25, 0.3) is 10.2 Å². The van der Waals surface area contributed by atoms with E-state index in [0.717, 1.165) is 20.8 Å². The van der Waals surface area contributed by atoms with Crippen LogP contribution in [-0.4, -0.2) is 33.2 Å². The maximum Gasteiger partial charge on any atom is 0.254 e. The van der Waals surface area contributed by atoms with Gasteiger partial charge in [-0.25, -0.2) is 9.97 Å². The van der Waals surface area contributed by atoms with E-state index in [1.807, 2.05) is 23.1 Å². The van der Waals surface area contributed by atoms with Gasteiger partial charge >= 0.3 is 0 Å². The maximum absolute atomic E-state index is 12.8. The molecule has 6 nitrogen and oxygen atoms in total. The van der Waals surface area contributed by atoms with Crippen LogP contribution >= 0.6 is 22.7 Å². The van der Waals surface area contributed by atoms with Gasteiger partial charge in [0.1, 0.15) is 0 Å². The lowest BCUT2D eigenvalue weighted by atomic mass is 10.1. The molecule has 122 valence electrons. The highest BCUT2D eigenvalue weighted by molar-refractivity contribution is 7.16. The molecule has 1 N–H and O–H groups in total. The molecule has 0 spiro atoms. The highest BCUT2D eigenvalue weighted by Gasteiger charge is 2.25. The summed E-state index contributed by atoms with van der Waals surface area (Å²) in [5.74, 6) is -0.114. The van der Waals surface area contributed by atoms with Crippen molar-refractivity contribution >= 4 is 49.8 Å². The third kappa shape index (κ3) is 2.78. The first-order valence-electron chi connectivity index (χ1n) is 7.49. The molecule has 1 aliphatic rings. The second-order valence-electron chi connectivity index (χ2n) is 5.58. The van der Waals surface area contributed by atoms with Gasteiger partial charge in [-0.2, -0.15) is 0 Å². The van der Waals surface area contributed by atoms with Crippen molar-refractivity contribution in [3.63, 3.8) is 0 Å². The number of anilines is 1. The summed E-state index contributed by atoms with van der Waals surface area (Å²) in [4.78, 5) is 35.5. The van der Waals surface area contributed by atoms with E-state index in [9.17, 15) is 9.59 Å². The van der Waals surface area contributed by atoms with Crippen molar-refractivity contribution in [2.75, 3.05) is 11.9 Å². The van der Waals surface area contributed by atoms with Gasteiger partial charge in [-0.3, -0.25) is 9.59 Å². The summed E-state index contributed by atoms with van der Waals surface area (Å²) in [6.07, 6.45) is 0.708. The molecular formula is C16H14N4O2S2. The number of hydrogen-bond acceptors (Lipinski definition) is 6. The van der Waals surface area contributed by atoms with Crippen molar-refractivity contribution < 1.29 is 9.59 Å². The van der Waals surface area contributed by atoms with Crippen molar-refractivity contribution in [1.82, 2.24) is 14.9 Å². The van der Waals surface area contributed by atoms with E-state index < -0.39 is 0 Å². The van der Waals surface area contributed by atoms with Crippen molar-refractivity contribution in [2.45, 2.75) is 19.9 Å². The average molecular weight is 358 g/mol. The first kappa shape index (κ1) is 15.2. The van der Waals surface area contributed by atoms with Gasteiger partial charge in [-0.05, 0) is 18.2 Å². The molecule has 1 aliphatic heterocycles. The minimum Gasteiger partial charge on any atom is -0.333 e. The smallest absolute Gasteiger partial charge is 0.254 e. The number of nitrogens with one attached hydrogen (secondary N) is 1. The van der Waals surface area contributed by atoms with Gasteiger partial charge in [-0.15, -0.1) is 11.3 Å². The lowest BCUT2D eigenvalue weighted by molar-refractivity contribution is -0.114. The number of carbonyl (C=O) groups excluding carboxylic acids is 2. The monoisotopic (exact) mass is 358 g/mol. The van der Waals surface area contributed by atoms with Crippen molar-refractivity contribution in [3.05, 3.63) is 39.8 Å². The molecule has 0 bridgehead atoms. The molecule has 3 heterocycles. The van der Waals surface area contributed by atoms with Crippen LogP contribution in [0.15, 0.2) is 23.7 Å². The second kappa shape index (κ2) is 5.95. The quantitative estimate of drug-likeness (QED) is 0.764. The molecule has 0 unspecified atom stereocenters. The molecule has 4 rings (SSSR count). The fourth-order valence-corrected chi connectivity index (χ4v) is 4.53. The predicted octanol–water partition coefficient (Wildman–Crippen LogP) is 2.91. The van der Waals surface area contributed by atoms with Crippen LogP contribution in [0.1, 0.15) is 27.9 Å². The zero-order valence-corrected chi connectivity index (χ0v) is 14.5. The Morgan fingerprint density at radius 3 is 3.04 bits per heavy atom. The fourth-order valence-electron chi connectivity index (χ4n) is 2.74. The van der Waals surface area contributed by atoms with Crippen LogP contribution in [0.3, 0.4) is 0 Å². The van der Waals surface area contributed by atoms with Gasteiger partial charge in [0.05, 0.1) is 28.0 Å². The Kier molecular flexibility index (Phi) is 3.78. The number of aromatic nitrogens is 2. The molecule has 0 fully saturated rings. The molecule has 24 heavy (non-hydrogen) atoms. The molecule has 0 saturated carbocycles. The lowest BCUT2D eigenvalue weighted by Gasteiger charge is -2.26. The number of fused-ring (bicyclic) bond motifs is 2. The molecule has 0 radical (unpaired) electrons. The van der Waals surface area contributed by atoms with Crippen LogP contribution in [0.2, 0.25) is 0 Å². The van der Waals surface area contributed by atoms with Crippen LogP contribution in [0, 0.1) is 0 Å². The molecular weight excluding hydrogens is 344 g/mol. The maximum atomic E-state index is 12.8. The SMILES string of the molecule is CC(=O)Nc1nc2c(s1)CN(C(=O)c1ccc3ncsc3c1)CC2. The zero-order valence-electron chi connectivity index (χ0n) is 12.9. The number of thiazole rings is 2. The minimum atomic E-state index is -0.133. The summed E-state index contributed by atoms with van der Waals surface area (Å²) < 4.78 is 1.02. The van der Waals surface area contributed by atoms with Crippen LogP contribution in [-0.2, 0) is 17.8 Å². The summed E-state index contributed by atoms with van der Waals surface area (Å²) in [5, 5.41) is 3.32. The first-order chi connectivity index (χ1) is 11.6. The molecule has 0 aliphatic carbocycles. The zero-order chi connectivity index (χ0) is 16.7. The van der Waals surface area contributed by atoms with Gasteiger partial charge in [0.2, 0.25) is 5.91 Å². The molecule has 0 saturated heterocycles. The number of nitrogens with zero attached hydrogens (tertiary/aromatic N) is 3. The van der Waals surface area contributed by atoms with Crippen molar-refractivity contribution in [2.24, 2.45) is 0 Å². The predicted molar refractivity (Wildman–Crippen MR) is 94.5 cm³/mol. The summed E-state index contributed by atoms with van der Waals surface area (Å²) in [5.41, 5.74) is 4.36. The first-order valence-corrected chi connectivity index (χ1v) is 9.18. The van der Waals surface area contributed by atoms with Crippen LogP contribution in [0.5, 0.6) is 0 Å². The number of carbonyl (C=O) groups is 2. The third-order valence-corrected chi connectivity index (χ3v) is 5.67. The Morgan fingerprint density at radius 1 is 1.33 bits per heavy atom. The van der Waals surface area contributed by atoms with Gasteiger partial charge in [0.15, 0.2) is 5.13 Å². The molecule has 0 atom stereocenters. The van der Waals surface area contributed by atoms with E-state index in [0.29, 0.717) is 30.2 Å². The van der Waals surface area contributed by atoms with Gasteiger partial charge in [0.25, 0.3) is 5.91 Å². The van der Waals surface area contributed by atoms with Gasteiger partial charge in [0, 0.05) is 30.3 Å². The number of hydrogen-bond donors (Lipinski definition) is 1. The Balaban J connectivity index is 1.55. The van der Waals surface area contributed by atoms with E-state index in [2.05, 4.69) is 15.3 Å². The van der Waals surface area contributed by atoms with Gasteiger partial charge < -0.3 is 10.2 Å². The summed E-state index contributed by atoms with van der Waals surface area (Å²) in [6.45, 7) is 2.63. The number of rotatable bonds is 2. The standard InChI is InChI=1S/C16H14N4O2S2/c1-9(21)18-16-19-12-4-5-20(7-14(12)24-16)15(22)10-2-3-11-13(6-10)23-8-17-11/h2-3,6,8H,4-5,7H2,1H3,(H,18,19,21). The summed E-state index contributed by atoms with van der Waals surface area (Å²) >= 11 is 2.97. The van der Waals surface area contributed by atoms with Crippen molar-refractivity contribution in [3.8, 4) is 0 Å². The lowest BCUT2D eigenvalue weighted by Crippen LogP contribution is -2.35. The molecule has 1 aromatic carbocycles. The topological polar surface area (TPSA) is 75.2 Å². The number of amides is 2. The molecule has 3 aromatic rings. The molecule has 2 aromatic heterocycles. The van der Waals surface area contributed by atoms with Crippen LogP contribution in [0.4, 0.5) is 5.13 Å². The highest BCUT2D eigenvalue weighted by Crippen LogP contribution is 2.29. The van der Waals surface area contributed by atoms with E-state index >= 15 is 0 Å². The number of benzene rings is 1. The third-order valence-electron chi connectivity index (χ3n) is 3.88. The highest BCUT2D eigenvalue weighted by atomic mass is 32.1. The summed E-state index contributed by atoms with van der Waals surface area (Å²) in [6, 6.07) is 5.62. The minimum absolute atomic E-state index is 0.0189. The van der Waals surface area contributed by atoms with E-state index in [1.54, 1.807) is 5.51 Å². The average Bonchev–Trinajstić information content (AvgIpc) is 3.17. The largest absolute Gasteiger partial charge is 0.333 e. The van der Waals surface area contributed by atoms with E-state index in [1.165, 1.54) is 29.6 Å². The Morgan fingerprint density at radius 2 is 2.21 bits per heavy atom. The fraction of sp³-hybridized carbons (Fsp3) is 0.250. The van der Waals surface area contributed by atoms with Gasteiger partial charge in [-0.1, -0.05) is 11.3 Å². The van der Waals surface area contributed by atoms with E-state index in [4.69, 9.17) is 0 Å². The summed E-state index contributed by atoms with van der Waals surface area (Å²) in [7, 11) is 0. The Bertz CT molecular complexity index is 947. The Hall–Kier alpha value is -2.32.